The van der Waals surface area contributed by atoms with Gasteiger partial charge in [0.1, 0.15) is 5.41 Å². The Morgan fingerprint density at radius 2 is 1.92 bits per heavy atom. The maximum absolute atomic E-state index is 12.9. The van der Waals surface area contributed by atoms with Crippen LogP contribution in [0.2, 0.25) is 0 Å². The van der Waals surface area contributed by atoms with Crippen molar-refractivity contribution in [1.82, 2.24) is 9.80 Å². The van der Waals surface area contributed by atoms with Crippen LogP contribution in [0, 0.1) is 5.41 Å². The smallest absolute Gasteiger partial charge is 0.313 e. The Labute approximate surface area is 150 Å². The molecule has 1 fully saturated rings. The molecule has 3 rings (SSSR count). The number of amides is 3. The Kier molecular flexibility index (Phi) is 4.53. The van der Waals surface area contributed by atoms with Crippen molar-refractivity contribution in [2.24, 2.45) is 5.41 Å². The second-order valence-electron chi connectivity index (χ2n) is 6.78. The lowest BCUT2D eigenvalue weighted by Gasteiger charge is -2.39. The molecule has 2 heterocycles. The van der Waals surface area contributed by atoms with Crippen LogP contribution in [0.5, 0.6) is 0 Å². The number of piperidine rings is 1. The van der Waals surface area contributed by atoms with Crippen molar-refractivity contribution < 1.29 is 29.0 Å². The van der Waals surface area contributed by atoms with E-state index in [1.54, 1.807) is 0 Å². The van der Waals surface area contributed by atoms with Crippen LogP contribution < -0.4 is 0 Å². The molecule has 0 aromatic heterocycles. The number of nitrogens with zero attached hydrogens (tertiary/aromatic N) is 2. The van der Waals surface area contributed by atoms with Gasteiger partial charge in [-0.05, 0) is 31.0 Å². The molecule has 3 amide bonds. The van der Waals surface area contributed by atoms with Crippen LogP contribution in [0.3, 0.4) is 0 Å². The zero-order chi connectivity index (χ0) is 19.1. The number of rotatable bonds is 4. The number of carboxylic acids is 1. The summed E-state index contributed by atoms with van der Waals surface area (Å²) < 4.78 is 5.07. The highest BCUT2D eigenvalue weighted by Crippen LogP contribution is 2.32. The number of imide groups is 1. The fourth-order valence-electron chi connectivity index (χ4n) is 3.61. The fraction of sp³-hybridized carbons (Fsp3) is 0.444. The van der Waals surface area contributed by atoms with Crippen LogP contribution in [0.4, 0.5) is 0 Å². The Morgan fingerprint density at radius 1 is 1.23 bits per heavy atom. The molecule has 0 spiro atoms. The molecule has 1 N–H and O–H groups in total. The number of methoxy groups -OCH3 is 1. The molecule has 2 aliphatic heterocycles. The maximum atomic E-state index is 12.9. The molecule has 1 aromatic rings. The molecular formula is C18H20N2O6. The molecule has 1 atom stereocenters. The number of fused-ring (bicyclic) bond motifs is 1. The topological polar surface area (TPSA) is 104 Å². The first-order valence-corrected chi connectivity index (χ1v) is 8.29. The molecule has 26 heavy (non-hydrogen) atoms. The third kappa shape index (κ3) is 2.76. The Hall–Kier alpha value is -2.74. The number of carboxylic acid groups (broad SMARTS) is 1. The highest BCUT2D eigenvalue weighted by atomic mass is 16.5. The standard InChI is InChI=1S/C18H20N2O6/c1-19-15(22)12-5-4-11(8-13(12)16(19)23)14(21)20-7-3-6-18(9-20,10-26-2)17(24)25/h4-5,8H,3,6-7,9-10H2,1-2H3,(H,24,25). The second kappa shape index (κ2) is 6.53. The third-order valence-corrected chi connectivity index (χ3v) is 5.08. The van der Waals surface area contributed by atoms with Crippen LogP contribution in [0.15, 0.2) is 18.2 Å². The first kappa shape index (κ1) is 18.1. The number of carbonyl (C=O) groups is 4. The van der Waals surface area contributed by atoms with Gasteiger partial charge < -0.3 is 14.7 Å². The minimum absolute atomic E-state index is 0.0219. The van der Waals surface area contributed by atoms with Gasteiger partial charge in [0.25, 0.3) is 17.7 Å². The summed E-state index contributed by atoms with van der Waals surface area (Å²) in [4.78, 5) is 51.2. The van der Waals surface area contributed by atoms with Crippen LogP contribution in [-0.4, -0.2) is 72.5 Å². The van der Waals surface area contributed by atoms with Crippen molar-refractivity contribution >= 4 is 23.7 Å². The quantitative estimate of drug-likeness (QED) is 0.799. The minimum Gasteiger partial charge on any atom is -0.481 e. The Balaban J connectivity index is 1.87. The second-order valence-corrected chi connectivity index (χ2v) is 6.78. The van der Waals surface area contributed by atoms with Crippen molar-refractivity contribution in [3.8, 4) is 0 Å². The molecule has 0 saturated carbocycles. The summed E-state index contributed by atoms with van der Waals surface area (Å²) in [6, 6.07) is 4.38. The lowest BCUT2D eigenvalue weighted by Crippen LogP contribution is -2.52. The van der Waals surface area contributed by atoms with E-state index in [9.17, 15) is 24.3 Å². The van der Waals surface area contributed by atoms with Crippen molar-refractivity contribution in [2.45, 2.75) is 12.8 Å². The van der Waals surface area contributed by atoms with E-state index >= 15 is 0 Å². The zero-order valence-corrected chi connectivity index (χ0v) is 14.7. The fourth-order valence-corrected chi connectivity index (χ4v) is 3.61. The summed E-state index contributed by atoms with van der Waals surface area (Å²) >= 11 is 0. The van der Waals surface area contributed by atoms with Crippen molar-refractivity contribution in [2.75, 3.05) is 33.9 Å². The molecule has 1 aromatic carbocycles. The Bertz CT molecular complexity index is 801. The molecule has 0 bridgehead atoms. The number of benzene rings is 1. The molecule has 0 aliphatic carbocycles. The summed E-state index contributed by atoms with van der Waals surface area (Å²) in [5, 5.41) is 9.60. The van der Waals surface area contributed by atoms with Crippen molar-refractivity contribution in [3.63, 3.8) is 0 Å². The molecule has 1 saturated heterocycles. The summed E-state index contributed by atoms with van der Waals surface area (Å²) in [6.45, 7) is 0.494. The van der Waals surface area contributed by atoms with Gasteiger partial charge in [0.15, 0.2) is 0 Å². The molecular weight excluding hydrogens is 340 g/mol. The molecule has 138 valence electrons. The molecule has 1 unspecified atom stereocenters. The monoisotopic (exact) mass is 360 g/mol. The number of carbonyl (C=O) groups excluding carboxylic acids is 3. The zero-order valence-electron chi connectivity index (χ0n) is 14.7. The van der Waals surface area contributed by atoms with E-state index in [4.69, 9.17) is 4.74 Å². The lowest BCUT2D eigenvalue weighted by atomic mass is 9.80. The summed E-state index contributed by atoms with van der Waals surface area (Å²) in [5.74, 6) is -2.19. The van der Waals surface area contributed by atoms with E-state index in [1.807, 2.05) is 0 Å². The van der Waals surface area contributed by atoms with Gasteiger partial charge in [0.2, 0.25) is 0 Å². The van der Waals surface area contributed by atoms with Crippen molar-refractivity contribution in [1.29, 1.82) is 0 Å². The first-order valence-electron chi connectivity index (χ1n) is 8.29. The van der Waals surface area contributed by atoms with Crippen molar-refractivity contribution in [3.05, 3.63) is 34.9 Å². The van der Waals surface area contributed by atoms with Crippen LogP contribution in [0.1, 0.15) is 43.9 Å². The first-order chi connectivity index (χ1) is 12.3. The summed E-state index contributed by atoms with van der Waals surface area (Å²) in [6.07, 6.45) is 0.981. The van der Waals surface area contributed by atoms with Gasteiger partial charge >= 0.3 is 5.97 Å². The Morgan fingerprint density at radius 3 is 2.58 bits per heavy atom. The largest absolute Gasteiger partial charge is 0.481 e. The van der Waals surface area contributed by atoms with E-state index in [0.29, 0.717) is 19.4 Å². The van der Waals surface area contributed by atoms with Gasteiger partial charge in [-0.25, -0.2) is 0 Å². The highest BCUT2D eigenvalue weighted by Gasteiger charge is 2.44. The predicted molar refractivity (Wildman–Crippen MR) is 89.9 cm³/mol. The number of hydrogen-bond acceptors (Lipinski definition) is 5. The number of likely N-dealkylation sites (tertiary alicyclic amines) is 1. The van der Waals surface area contributed by atoms with Gasteiger partial charge in [0, 0.05) is 32.8 Å². The average Bonchev–Trinajstić information content (AvgIpc) is 2.85. The minimum atomic E-state index is -1.13. The third-order valence-electron chi connectivity index (χ3n) is 5.08. The molecule has 8 heteroatoms. The van der Waals surface area contributed by atoms with Gasteiger partial charge in [-0.2, -0.15) is 0 Å². The van der Waals surface area contributed by atoms with Crippen LogP contribution in [-0.2, 0) is 9.53 Å². The molecule has 8 nitrogen and oxygen atoms in total. The number of ether oxygens (including phenoxy) is 1. The van der Waals surface area contributed by atoms with Gasteiger partial charge in [-0.1, -0.05) is 0 Å². The van der Waals surface area contributed by atoms with Crippen LogP contribution in [0.25, 0.3) is 0 Å². The van der Waals surface area contributed by atoms with Gasteiger partial charge in [0.05, 0.1) is 17.7 Å². The van der Waals surface area contributed by atoms with E-state index < -0.39 is 23.2 Å². The number of aliphatic carboxylic acids is 1. The van der Waals surface area contributed by atoms with Crippen LogP contribution >= 0.6 is 0 Å². The maximum Gasteiger partial charge on any atom is 0.313 e. The number of hydrogen-bond donors (Lipinski definition) is 1. The van der Waals surface area contributed by atoms with E-state index in [1.165, 1.54) is 37.3 Å². The SMILES string of the molecule is COCC1(C(=O)O)CCCN(C(=O)c2ccc3c(c2)C(=O)N(C)C3=O)C1. The predicted octanol–water partition coefficient (Wildman–Crippen LogP) is 0.866. The van der Waals surface area contributed by atoms with E-state index in [0.717, 1.165) is 4.90 Å². The summed E-state index contributed by atoms with van der Waals surface area (Å²) in [7, 11) is 2.83. The normalized spacial score (nSPS) is 22.5. The van der Waals surface area contributed by atoms with E-state index in [-0.39, 0.29) is 35.7 Å². The van der Waals surface area contributed by atoms with Gasteiger partial charge in [-0.15, -0.1) is 0 Å². The van der Waals surface area contributed by atoms with E-state index in [2.05, 4.69) is 0 Å². The van der Waals surface area contributed by atoms with Gasteiger partial charge in [-0.3, -0.25) is 24.1 Å². The lowest BCUT2D eigenvalue weighted by molar-refractivity contribution is -0.155. The highest BCUT2D eigenvalue weighted by molar-refractivity contribution is 6.21. The molecule has 2 aliphatic rings. The average molecular weight is 360 g/mol. The molecule has 0 radical (unpaired) electrons. The summed E-state index contributed by atoms with van der Waals surface area (Å²) in [5.41, 5.74) is -0.404.